The highest BCUT2D eigenvalue weighted by molar-refractivity contribution is 7.80. The SMILES string of the molecule is CCOC(=O)c1ccc(NC(=S)Nc2cnn(Cc3cccc4ccccc34)c2)cc1. The van der Waals surface area contributed by atoms with Gasteiger partial charge < -0.3 is 15.4 Å². The first-order chi connectivity index (χ1) is 15.1. The molecule has 4 aromatic rings. The first-order valence-electron chi connectivity index (χ1n) is 9.96. The summed E-state index contributed by atoms with van der Waals surface area (Å²) in [7, 11) is 0. The maximum atomic E-state index is 11.7. The summed E-state index contributed by atoms with van der Waals surface area (Å²) in [6.07, 6.45) is 3.66. The summed E-state index contributed by atoms with van der Waals surface area (Å²) >= 11 is 5.40. The number of hydrogen-bond donors (Lipinski definition) is 2. The molecule has 3 aromatic carbocycles. The lowest BCUT2D eigenvalue weighted by atomic mass is 10.0. The van der Waals surface area contributed by atoms with Crippen molar-refractivity contribution in [1.82, 2.24) is 9.78 Å². The lowest BCUT2D eigenvalue weighted by Gasteiger charge is -2.10. The van der Waals surface area contributed by atoms with Gasteiger partial charge in [0.15, 0.2) is 5.11 Å². The van der Waals surface area contributed by atoms with Crippen LogP contribution < -0.4 is 10.6 Å². The fourth-order valence-corrected chi connectivity index (χ4v) is 3.55. The smallest absolute Gasteiger partial charge is 0.338 e. The average molecular weight is 431 g/mol. The zero-order valence-corrected chi connectivity index (χ0v) is 17.9. The Morgan fingerprint density at radius 1 is 1.00 bits per heavy atom. The number of carbonyl (C=O) groups excluding carboxylic acids is 1. The average Bonchev–Trinajstić information content (AvgIpc) is 3.21. The third-order valence-electron chi connectivity index (χ3n) is 4.76. The molecule has 4 rings (SSSR count). The van der Waals surface area contributed by atoms with Gasteiger partial charge in [0.1, 0.15) is 0 Å². The Kier molecular flexibility index (Phi) is 6.24. The molecular weight excluding hydrogens is 408 g/mol. The summed E-state index contributed by atoms with van der Waals surface area (Å²) in [4.78, 5) is 11.7. The number of benzene rings is 3. The van der Waals surface area contributed by atoms with Gasteiger partial charge in [0.2, 0.25) is 0 Å². The van der Waals surface area contributed by atoms with Crippen LogP contribution in [0.4, 0.5) is 11.4 Å². The van der Waals surface area contributed by atoms with Crippen molar-refractivity contribution in [3.05, 3.63) is 90.3 Å². The lowest BCUT2D eigenvalue weighted by Crippen LogP contribution is -2.18. The minimum Gasteiger partial charge on any atom is -0.462 e. The highest BCUT2D eigenvalue weighted by Crippen LogP contribution is 2.20. The Balaban J connectivity index is 1.37. The maximum Gasteiger partial charge on any atom is 0.338 e. The van der Waals surface area contributed by atoms with Crippen LogP contribution in [-0.2, 0) is 11.3 Å². The standard InChI is InChI=1S/C24H22N4O2S/c1-2-30-23(29)18-10-12-20(13-11-18)26-24(31)27-21-14-25-28(16-21)15-19-8-5-7-17-6-3-4-9-22(17)19/h3-14,16H,2,15H2,1H3,(H2,26,27,31). The largest absolute Gasteiger partial charge is 0.462 e. The molecule has 0 aliphatic carbocycles. The van der Waals surface area contributed by atoms with E-state index in [1.165, 1.54) is 16.3 Å². The molecule has 0 unspecified atom stereocenters. The quantitative estimate of drug-likeness (QED) is 0.329. The second-order valence-corrected chi connectivity index (χ2v) is 7.35. The summed E-state index contributed by atoms with van der Waals surface area (Å²) in [5, 5.41) is 13.6. The molecule has 156 valence electrons. The van der Waals surface area contributed by atoms with Crippen molar-refractivity contribution >= 4 is 45.4 Å². The van der Waals surface area contributed by atoms with E-state index >= 15 is 0 Å². The van der Waals surface area contributed by atoms with Crippen LogP contribution in [0.25, 0.3) is 10.8 Å². The fraction of sp³-hybridized carbons (Fsp3) is 0.125. The molecule has 6 nitrogen and oxygen atoms in total. The van der Waals surface area contributed by atoms with Gasteiger partial charge >= 0.3 is 5.97 Å². The number of rotatable bonds is 6. The molecule has 0 saturated heterocycles. The Morgan fingerprint density at radius 2 is 1.74 bits per heavy atom. The van der Waals surface area contributed by atoms with Gasteiger partial charge in [-0.05, 0) is 59.7 Å². The molecule has 1 aromatic heterocycles. The van der Waals surface area contributed by atoms with Crippen molar-refractivity contribution in [2.45, 2.75) is 13.5 Å². The van der Waals surface area contributed by atoms with E-state index in [9.17, 15) is 4.79 Å². The summed E-state index contributed by atoms with van der Waals surface area (Å²) in [6, 6.07) is 21.6. The zero-order valence-electron chi connectivity index (χ0n) is 17.0. The minimum atomic E-state index is -0.339. The third kappa shape index (κ3) is 5.07. The molecule has 1 heterocycles. The first-order valence-corrected chi connectivity index (χ1v) is 10.4. The summed E-state index contributed by atoms with van der Waals surface area (Å²) < 4.78 is 6.87. The van der Waals surface area contributed by atoms with Gasteiger partial charge in [-0.15, -0.1) is 0 Å². The highest BCUT2D eigenvalue weighted by atomic mass is 32.1. The van der Waals surface area contributed by atoms with E-state index in [0.29, 0.717) is 23.8 Å². The molecule has 0 saturated carbocycles. The van der Waals surface area contributed by atoms with Gasteiger partial charge in [-0.2, -0.15) is 5.10 Å². The van der Waals surface area contributed by atoms with Gasteiger partial charge in [-0.3, -0.25) is 4.68 Å². The van der Waals surface area contributed by atoms with Crippen molar-refractivity contribution in [1.29, 1.82) is 0 Å². The molecule has 0 aliphatic rings. The number of aromatic nitrogens is 2. The molecule has 0 amide bonds. The van der Waals surface area contributed by atoms with Crippen LogP contribution >= 0.6 is 12.2 Å². The number of thiocarbonyl (C=S) groups is 1. The summed E-state index contributed by atoms with van der Waals surface area (Å²) in [6.45, 7) is 2.79. The molecule has 2 N–H and O–H groups in total. The van der Waals surface area contributed by atoms with E-state index in [0.717, 1.165) is 11.4 Å². The normalized spacial score (nSPS) is 10.6. The number of nitrogens with zero attached hydrogens (tertiary/aromatic N) is 2. The molecular formula is C24H22N4O2S. The Labute approximate surface area is 185 Å². The molecule has 0 radical (unpaired) electrons. The number of hydrogen-bond acceptors (Lipinski definition) is 4. The topological polar surface area (TPSA) is 68.2 Å². The molecule has 31 heavy (non-hydrogen) atoms. The molecule has 0 bridgehead atoms. The van der Waals surface area contributed by atoms with Crippen LogP contribution in [0.2, 0.25) is 0 Å². The zero-order chi connectivity index (χ0) is 21.6. The first kappa shape index (κ1) is 20.6. The van der Waals surface area contributed by atoms with E-state index < -0.39 is 0 Å². The van der Waals surface area contributed by atoms with Gasteiger partial charge in [0, 0.05) is 11.9 Å². The van der Waals surface area contributed by atoms with Crippen LogP contribution in [0, 0.1) is 0 Å². The number of fused-ring (bicyclic) bond motifs is 1. The van der Waals surface area contributed by atoms with Crippen LogP contribution in [0.15, 0.2) is 79.1 Å². The van der Waals surface area contributed by atoms with E-state index in [-0.39, 0.29) is 5.97 Å². The van der Waals surface area contributed by atoms with Gasteiger partial charge in [0.05, 0.1) is 30.6 Å². The number of carbonyl (C=O) groups is 1. The van der Waals surface area contributed by atoms with E-state index in [1.54, 1.807) is 37.4 Å². The van der Waals surface area contributed by atoms with Crippen LogP contribution in [-0.4, -0.2) is 27.5 Å². The Hall–Kier alpha value is -3.71. The Morgan fingerprint density at radius 3 is 2.55 bits per heavy atom. The Bertz CT molecular complexity index is 1210. The monoisotopic (exact) mass is 430 g/mol. The van der Waals surface area contributed by atoms with Crippen molar-refractivity contribution in [2.75, 3.05) is 17.2 Å². The molecule has 0 atom stereocenters. The second-order valence-electron chi connectivity index (χ2n) is 6.94. The number of esters is 1. The van der Waals surface area contributed by atoms with Crippen molar-refractivity contribution in [2.24, 2.45) is 0 Å². The van der Waals surface area contributed by atoms with Crippen molar-refractivity contribution in [3.8, 4) is 0 Å². The number of anilines is 2. The highest BCUT2D eigenvalue weighted by Gasteiger charge is 2.07. The fourth-order valence-electron chi connectivity index (χ4n) is 3.32. The van der Waals surface area contributed by atoms with Crippen LogP contribution in [0.3, 0.4) is 0 Å². The van der Waals surface area contributed by atoms with E-state index in [4.69, 9.17) is 17.0 Å². The van der Waals surface area contributed by atoms with Crippen LogP contribution in [0.5, 0.6) is 0 Å². The number of ether oxygens (including phenoxy) is 1. The van der Waals surface area contributed by atoms with E-state index in [1.807, 2.05) is 23.0 Å². The lowest BCUT2D eigenvalue weighted by molar-refractivity contribution is 0.0526. The number of nitrogens with one attached hydrogen (secondary N) is 2. The van der Waals surface area contributed by atoms with E-state index in [2.05, 4.69) is 46.1 Å². The molecule has 0 spiro atoms. The van der Waals surface area contributed by atoms with Crippen molar-refractivity contribution < 1.29 is 9.53 Å². The molecule has 0 aliphatic heterocycles. The van der Waals surface area contributed by atoms with Gasteiger partial charge in [0.25, 0.3) is 0 Å². The maximum absolute atomic E-state index is 11.7. The third-order valence-corrected chi connectivity index (χ3v) is 4.96. The second kappa shape index (κ2) is 9.40. The van der Waals surface area contributed by atoms with Gasteiger partial charge in [-0.25, -0.2) is 4.79 Å². The summed E-state index contributed by atoms with van der Waals surface area (Å²) in [5.41, 5.74) is 3.27. The predicted molar refractivity (Wildman–Crippen MR) is 128 cm³/mol. The summed E-state index contributed by atoms with van der Waals surface area (Å²) in [5.74, 6) is -0.339. The van der Waals surface area contributed by atoms with Crippen LogP contribution in [0.1, 0.15) is 22.8 Å². The van der Waals surface area contributed by atoms with Gasteiger partial charge in [-0.1, -0.05) is 42.5 Å². The van der Waals surface area contributed by atoms with Crippen molar-refractivity contribution in [3.63, 3.8) is 0 Å². The minimum absolute atomic E-state index is 0.339. The predicted octanol–water partition coefficient (Wildman–Crippen LogP) is 5.07. The molecule has 0 fully saturated rings. The molecule has 7 heteroatoms.